The number of nitrogens with zero attached hydrogens (tertiary/aromatic N) is 1. The molecule has 184 valence electrons. The maximum Gasteiger partial charge on any atom is 0.281 e. The van der Waals surface area contributed by atoms with Crippen molar-refractivity contribution in [3.8, 4) is 17.1 Å². The molecule has 1 aromatic heterocycles. The second kappa shape index (κ2) is 10.8. The fourth-order valence-electron chi connectivity index (χ4n) is 4.03. The summed E-state index contributed by atoms with van der Waals surface area (Å²) in [7, 11) is 0. The molecule has 8 heteroatoms. The van der Waals surface area contributed by atoms with E-state index in [9.17, 15) is 15.0 Å². The van der Waals surface area contributed by atoms with Crippen LogP contribution < -0.4 is 10.5 Å². The fraction of sp³-hybridized carbons (Fsp3) is 0.333. The third kappa shape index (κ3) is 5.90. The van der Waals surface area contributed by atoms with E-state index in [1.807, 2.05) is 6.07 Å². The number of aliphatic hydroxyl groups is 2. The van der Waals surface area contributed by atoms with Crippen LogP contribution in [0.5, 0.6) is 5.75 Å². The first kappa shape index (κ1) is 24.5. The Balaban J connectivity index is 1.50. The number of hydrogen-bond acceptors (Lipinski definition) is 6. The van der Waals surface area contributed by atoms with Gasteiger partial charge in [0.1, 0.15) is 11.5 Å². The van der Waals surface area contributed by atoms with Crippen molar-refractivity contribution in [3.63, 3.8) is 0 Å². The Bertz CT molecular complexity index is 1140. The molecule has 0 aliphatic heterocycles. The highest BCUT2D eigenvalue weighted by atomic mass is 16.5. The van der Waals surface area contributed by atoms with Crippen LogP contribution in [-0.4, -0.2) is 39.5 Å². The first-order valence-corrected chi connectivity index (χ1v) is 11.9. The molecule has 1 saturated carbocycles. The second-order valence-electron chi connectivity index (χ2n) is 8.78. The van der Waals surface area contributed by atoms with Gasteiger partial charge in [0.05, 0.1) is 24.3 Å². The van der Waals surface area contributed by atoms with E-state index in [1.165, 1.54) is 0 Å². The number of nitrogens with one attached hydrogen (secondary N) is 1. The standard InChI is InChI=1S/C27H31N3O5/c28-25(29)10-2-1-5-17-35-24-8-4-3-7-22(24)27(32,33)30(21-15-16-21)26(31)20-13-11-19(12-14-20)23-9-6-18-34-23/h3-4,6-9,11-14,18,21,32-33H,1-2,5,10,15-17H2,(H3,28,29). The average molecular weight is 478 g/mol. The van der Waals surface area contributed by atoms with Crippen LogP contribution in [0.15, 0.2) is 71.3 Å². The van der Waals surface area contributed by atoms with Gasteiger partial charge in [0, 0.05) is 23.6 Å². The Hall–Kier alpha value is -3.62. The van der Waals surface area contributed by atoms with Gasteiger partial charge in [0.2, 0.25) is 0 Å². The molecule has 0 unspecified atom stereocenters. The van der Waals surface area contributed by atoms with E-state index in [1.54, 1.807) is 60.9 Å². The van der Waals surface area contributed by atoms with Crippen molar-refractivity contribution in [2.45, 2.75) is 50.5 Å². The number of furan rings is 1. The molecule has 3 aromatic rings. The molecular weight excluding hydrogens is 446 g/mol. The molecule has 5 N–H and O–H groups in total. The monoisotopic (exact) mass is 477 g/mol. The molecule has 4 rings (SSSR count). The lowest BCUT2D eigenvalue weighted by Gasteiger charge is -2.36. The Labute approximate surface area is 204 Å². The Morgan fingerprint density at radius 1 is 1.06 bits per heavy atom. The number of amides is 1. The summed E-state index contributed by atoms with van der Waals surface area (Å²) in [5.41, 5.74) is 6.68. The number of carbonyl (C=O) groups is 1. The van der Waals surface area contributed by atoms with E-state index in [2.05, 4.69) is 0 Å². The number of rotatable bonds is 12. The lowest BCUT2D eigenvalue weighted by Crippen LogP contribution is -2.51. The fourth-order valence-corrected chi connectivity index (χ4v) is 4.03. The molecule has 1 amide bonds. The van der Waals surface area contributed by atoms with Gasteiger partial charge < -0.3 is 25.1 Å². The topological polar surface area (TPSA) is 133 Å². The van der Waals surface area contributed by atoms with Crippen LogP contribution in [0, 0.1) is 5.41 Å². The molecule has 0 radical (unpaired) electrons. The van der Waals surface area contributed by atoms with Crippen LogP contribution in [0.4, 0.5) is 0 Å². The Morgan fingerprint density at radius 3 is 2.46 bits per heavy atom. The number of amidine groups is 1. The summed E-state index contributed by atoms with van der Waals surface area (Å²) in [6, 6.07) is 16.9. The lowest BCUT2D eigenvalue weighted by molar-refractivity contribution is -0.259. The third-order valence-corrected chi connectivity index (χ3v) is 6.00. The van der Waals surface area contributed by atoms with Gasteiger partial charge in [-0.05, 0) is 68.5 Å². The lowest BCUT2D eigenvalue weighted by atomic mass is 10.1. The molecule has 8 nitrogen and oxygen atoms in total. The third-order valence-electron chi connectivity index (χ3n) is 6.00. The van der Waals surface area contributed by atoms with Crippen molar-refractivity contribution < 1.29 is 24.2 Å². The van der Waals surface area contributed by atoms with Gasteiger partial charge in [0.15, 0.2) is 0 Å². The zero-order chi connectivity index (χ0) is 24.8. The molecule has 35 heavy (non-hydrogen) atoms. The number of hydrogen-bond donors (Lipinski definition) is 4. The smallest absolute Gasteiger partial charge is 0.281 e. The summed E-state index contributed by atoms with van der Waals surface area (Å²) in [5.74, 6) is -1.84. The van der Waals surface area contributed by atoms with Gasteiger partial charge in [-0.15, -0.1) is 0 Å². The van der Waals surface area contributed by atoms with E-state index >= 15 is 0 Å². The van der Waals surface area contributed by atoms with Crippen LogP contribution in [0.25, 0.3) is 11.3 Å². The normalized spacial score (nSPS) is 13.4. The molecule has 1 heterocycles. The Kier molecular flexibility index (Phi) is 7.53. The number of nitrogens with two attached hydrogens (primary N) is 1. The number of unbranched alkanes of at least 4 members (excludes halogenated alkanes) is 2. The second-order valence-corrected chi connectivity index (χ2v) is 8.78. The van der Waals surface area contributed by atoms with E-state index in [0.29, 0.717) is 42.9 Å². The quantitative estimate of drug-likeness (QED) is 0.134. The highest BCUT2D eigenvalue weighted by molar-refractivity contribution is 5.95. The maximum atomic E-state index is 13.5. The van der Waals surface area contributed by atoms with Gasteiger partial charge in [-0.1, -0.05) is 24.3 Å². The summed E-state index contributed by atoms with van der Waals surface area (Å²) in [6.07, 6.45) is 5.89. The average Bonchev–Trinajstić information content (AvgIpc) is 3.51. The molecular formula is C27H31N3O5. The zero-order valence-corrected chi connectivity index (χ0v) is 19.5. The number of benzene rings is 2. The highest BCUT2D eigenvalue weighted by Crippen LogP contribution is 2.40. The van der Waals surface area contributed by atoms with E-state index in [0.717, 1.165) is 29.7 Å². The molecule has 1 fully saturated rings. The van der Waals surface area contributed by atoms with E-state index < -0.39 is 11.8 Å². The molecule has 2 aromatic carbocycles. The van der Waals surface area contributed by atoms with Gasteiger partial charge in [0.25, 0.3) is 11.8 Å². The molecule has 0 bridgehead atoms. The predicted molar refractivity (Wildman–Crippen MR) is 132 cm³/mol. The zero-order valence-electron chi connectivity index (χ0n) is 19.5. The SMILES string of the molecule is N=C(N)CCCCCOc1ccccc1C(O)(O)N(C(=O)c1ccc(-c2ccco2)cc1)C1CC1. The van der Waals surface area contributed by atoms with Crippen LogP contribution in [-0.2, 0) is 5.91 Å². The minimum atomic E-state index is -2.54. The molecule has 0 atom stereocenters. The first-order valence-electron chi connectivity index (χ1n) is 11.9. The van der Waals surface area contributed by atoms with Crippen molar-refractivity contribution >= 4 is 11.7 Å². The molecule has 0 spiro atoms. The van der Waals surface area contributed by atoms with Crippen molar-refractivity contribution in [2.75, 3.05) is 6.61 Å². The van der Waals surface area contributed by atoms with E-state index in [-0.39, 0.29) is 17.4 Å². The summed E-state index contributed by atoms with van der Waals surface area (Å²) in [6.45, 7) is 0.372. The van der Waals surface area contributed by atoms with Crippen molar-refractivity contribution in [2.24, 2.45) is 5.73 Å². The summed E-state index contributed by atoms with van der Waals surface area (Å²) in [4.78, 5) is 14.6. The van der Waals surface area contributed by atoms with Crippen LogP contribution in [0.2, 0.25) is 0 Å². The number of carbonyl (C=O) groups excluding carboxylic acids is 1. The molecule has 0 saturated heterocycles. The van der Waals surface area contributed by atoms with Crippen LogP contribution >= 0.6 is 0 Å². The minimum absolute atomic E-state index is 0.121. The van der Waals surface area contributed by atoms with Gasteiger partial charge in [-0.2, -0.15) is 0 Å². The summed E-state index contributed by atoms with van der Waals surface area (Å²) >= 11 is 0. The summed E-state index contributed by atoms with van der Waals surface area (Å²) in [5, 5.41) is 29.9. The Morgan fingerprint density at radius 2 is 1.80 bits per heavy atom. The molecule has 1 aliphatic carbocycles. The van der Waals surface area contributed by atoms with E-state index in [4.69, 9.17) is 20.3 Å². The number of para-hydroxylation sites is 1. The minimum Gasteiger partial charge on any atom is -0.493 e. The first-order chi connectivity index (χ1) is 16.9. The largest absolute Gasteiger partial charge is 0.493 e. The van der Waals surface area contributed by atoms with Crippen LogP contribution in [0.3, 0.4) is 0 Å². The maximum absolute atomic E-state index is 13.5. The van der Waals surface area contributed by atoms with Gasteiger partial charge in [-0.3, -0.25) is 15.1 Å². The molecule has 1 aliphatic rings. The highest BCUT2D eigenvalue weighted by Gasteiger charge is 2.48. The predicted octanol–water partition coefficient (Wildman–Crippen LogP) is 4.22. The van der Waals surface area contributed by atoms with Crippen molar-refractivity contribution in [1.82, 2.24) is 4.90 Å². The summed E-state index contributed by atoms with van der Waals surface area (Å²) < 4.78 is 11.3. The van der Waals surface area contributed by atoms with Crippen molar-refractivity contribution in [3.05, 3.63) is 78.1 Å². The number of ether oxygens (including phenoxy) is 1. The van der Waals surface area contributed by atoms with Gasteiger partial charge >= 0.3 is 0 Å². The van der Waals surface area contributed by atoms with Gasteiger partial charge in [-0.25, -0.2) is 0 Å². The van der Waals surface area contributed by atoms with Crippen LogP contribution in [0.1, 0.15) is 54.4 Å². The van der Waals surface area contributed by atoms with Crippen molar-refractivity contribution in [1.29, 1.82) is 5.41 Å².